The fourth-order valence-electron chi connectivity index (χ4n) is 1.57. The molecule has 1 aromatic rings. The molecule has 0 heterocycles. The van der Waals surface area contributed by atoms with Crippen LogP contribution in [0.1, 0.15) is 16.7 Å². The summed E-state index contributed by atoms with van der Waals surface area (Å²) in [6, 6.07) is 3.56. The molecule has 0 amide bonds. The molecule has 0 saturated carbocycles. The second-order valence-electron chi connectivity index (χ2n) is 3.43. The highest BCUT2D eigenvalue weighted by atomic mass is 19.3. The summed E-state index contributed by atoms with van der Waals surface area (Å²) in [5.41, 5.74) is 2.64. The lowest BCUT2D eigenvalue weighted by Gasteiger charge is -2.13. The van der Waals surface area contributed by atoms with Gasteiger partial charge in [0.05, 0.1) is 0 Å². The molecule has 1 nitrogen and oxygen atoms in total. The third kappa shape index (κ3) is 3.05. The molecule has 1 rings (SSSR count). The van der Waals surface area contributed by atoms with Crippen LogP contribution in [0.15, 0.2) is 24.8 Å². The molecule has 0 saturated heterocycles. The van der Waals surface area contributed by atoms with E-state index in [9.17, 15) is 8.78 Å². The molecule has 3 heteroatoms. The van der Waals surface area contributed by atoms with Crippen molar-refractivity contribution in [1.82, 2.24) is 0 Å². The van der Waals surface area contributed by atoms with Crippen LogP contribution >= 0.6 is 0 Å². The van der Waals surface area contributed by atoms with E-state index in [0.29, 0.717) is 6.42 Å². The molecule has 1 aromatic carbocycles. The molecule has 0 aromatic heterocycles. The van der Waals surface area contributed by atoms with Gasteiger partial charge in [-0.1, -0.05) is 12.1 Å². The zero-order valence-electron chi connectivity index (χ0n) is 8.89. The Hall–Kier alpha value is -1.38. The predicted molar refractivity (Wildman–Crippen MR) is 56.4 cm³/mol. The van der Waals surface area contributed by atoms with Crippen molar-refractivity contribution in [2.24, 2.45) is 0 Å². The minimum absolute atomic E-state index is 0.252. The molecule has 0 atom stereocenters. The van der Waals surface area contributed by atoms with Gasteiger partial charge in [0, 0.05) is 5.56 Å². The largest absolute Gasteiger partial charge is 0.435 e. The lowest BCUT2D eigenvalue weighted by Crippen LogP contribution is -2.05. The van der Waals surface area contributed by atoms with Gasteiger partial charge in [-0.25, -0.2) is 0 Å². The quantitative estimate of drug-likeness (QED) is 0.692. The third-order valence-electron chi connectivity index (χ3n) is 2.14. The summed E-state index contributed by atoms with van der Waals surface area (Å²) < 4.78 is 28.8. The second kappa shape index (κ2) is 4.91. The van der Waals surface area contributed by atoms with Gasteiger partial charge in [0.25, 0.3) is 0 Å². The van der Waals surface area contributed by atoms with Crippen molar-refractivity contribution in [3.8, 4) is 5.75 Å². The third-order valence-corrected chi connectivity index (χ3v) is 2.14. The molecule has 0 unspecified atom stereocenters. The maximum atomic E-state index is 12.2. The zero-order valence-corrected chi connectivity index (χ0v) is 8.89. The van der Waals surface area contributed by atoms with Gasteiger partial charge in [0.15, 0.2) is 0 Å². The number of hydrogen-bond acceptors (Lipinski definition) is 1. The molecular weight excluding hydrogens is 198 g/mol. The number of benzene rings is 1. The Balaban J connectivity index is 3.13. The standard InChI is InChI=1S/C12H14F2O/c1-4-5-10-9(3)6-8(2)7-11(10)15-12(13)14/h4,6-7,12H,1,5H2,2-3H3. The smallest absolute Gasteiger partial charge is 0.387 e. The van der Waals surface area contributed by atoms with Crippen molar-refractivity contribution in [2.75, 3.05) is 0 Å². The average Bonchev–Trinajstić information content (AvgIpc) is 2.10. The van der Waals surface area contributed by atoms with Gasteiger partial charge in [0.2, 0.25) is 0 Å². The number of alkyl halides is 2. The van der Waals surface area contributed by atoms with Crippen LogP contribution < -0.4 is 4.74 Å². The molecular formula is C12H14F2O. The first-order chi connectivity index (χ1) is 7.04. The van der Waals surface area contributed by atoms with Crippen LogP contribution in [-0.4, -0.2) is 6.61 Å². The van der Waals surface area contributed by atoms with Crippen molar-refractivity contribution < 1.29 is 13.5 Å². The van der Waals surface area contributed by atoms with Crippen molar-refractivity contribution in [3.63, 3.8) is 0 Å². The molecule has 0 spiro atoms. The topological polar surface area (TPSA) is 9.23 Å². The summed E-state index contributed by atoms with van der Waals surface area (Å²) in [7, 11) is 0. The Morgan fingerprint density at radius 3 is 2.60 bits per heavy atom. The van der Waals surface area contributed by atoms with Crippen molar-refractivity contribution in [2.45, 2.75) is 26.9 Å². The Morgan fingerprint density at radius 2 is 2.07 bits per heavy atom. The van der Waals surface area contributed by atoms with E-state index in [4.69, 9.17) is 0 Å². The van der Waals surface area contributed by atoms with E-state index in [0.717, 1.165) is 16.7 Å². The minimum Gasteiger partial charge on any atom is -0.435 e. The van der Waals surface area contributed by atoms with E-state index < -0.39 is 6.61 Å². The van der Waals surface area contributed by atoms with Crippen LogP contribution in [0, 0.1) is 13.8 Å². The molecule has 15 heavy (non-hydrogen) atoms. The molecule has 0 N–H and O–H groups in total. The fourth-order valence-corrected chi connectivity index (χ4v) is 1.57. The van der Waals surface area contributed by atoms with Crippen LogP contribution in [0.25, 0.3) is 0 Å². The van der Waals surface area contributed by atoms with Gasteiger partial charge in [-0.2, -0.15) is 8.78 Å². The predicted octanol–water partition coefficient (Wildman–Crippen LogP) is 3.63. The van der Waals surface area contributed by atoms with Gasteiger partial charge in [-0.3, -0.25) is 0 Å². The van der Waals surface area contributed by atoms with E-state index in [1.54, 1.807) is 12.1 Å². The number of ether oxygens (including phenoxy) is 1. The van der Waals surface area contributed by atoms with E-state index in [2.05, 4.69) is 11.3 Å². The Labute approximate surface area is 88.4 Å². The first-order valence-corrected chi connectivity index (χ1v) is 4.70. The lowest BCUT2D eigenvalue weighted by atomic mass is 10.0. The van der Waals surface area contributed by atoms with E-state index in [1.165, 1.54) is 0 Å². The number of aryl methyl sites for hydroxylation is 2. The molecule has 82 valence electrons. The van der Waals surface area contributed by atoms with Crippen LogP contribution in [0.3, 0.4) is 0 Å². The first kappa shape index (κ1) is 11.7. The maximum absolute atomic E-state index is 12.2. The maximum Gasteiger partial charge on any atom is 0.387 e. The Bertz CT molecular complexity index is 359. The van der Waals surface area contributed by atoms with Gasteiger partial charge in [-0.15, -0.1) is 6.58 Å². The number of rotatable bonds is 4. The van der Waals surface area contributed by atoms with Crippen LogP contribution in [-0.2, 0) is 6.42 Å². The summed E-state index contributed by atoms with van der Waals surface area (Å²) in [6.45, 7) is 4.54. The molecule has 0 bridgehead atoms. The highest BCUT2D eigenvalue weighted by Crippen LogP contribution is 2.26. The summed E-state index contributed by atoms with van der Waals surface area (Å²) in [6.07, 6.45) is 2.21. The van der Waals surface area contributed by atoms with Gasteiger partial charge < -0.3 is 4.74 Å². The first-order valence-electron chi connectivity index (χ1n) is 4.70. The monoisotopic (exact) mass is 212 g/mol. The van der Waals surface area contributed by atoms with Gasteiger partial charge in [0.1, 0.15) is 5.75 Å². The summed E-state index contributed by atoms with van der Waals surface area (Å²) in [4.78, 5) is 0. The Kier molecular flexibility index (Phi) is 3.83. The zero-order chi connectivity index (χ0) is 11.4. The molecule has 0 aliphatic carbocycles. The van der Waals surface area contributed by atoms with Crippen LogP contribution in [0.4, 0.5) is 8.78 Å². The summed E-state index contributed by atoms with van der Waals surface area (Å²) in [5, 5.41) is 0. The molecule has 0 radical (unpaired) electrons. The minimum atomic E-state index is -2.78. The number of hydrogen-bond donors (Lipinski definition) is 0. The van der Waals surface area contributed by atoms with Crippen molar-refractivity contribution in [1.29, 1.82) is 0 Å². The number of halogens is 2. The van der Waals surface area contributed by atoms with E-state index in [1.807, 2.05) is 19.9 Å². The normalized spacial score (nSPS) is 10.5. The van der Waals surface area contributed by atoms with E-state index >= 15 is 0 Å². The van der Waals surface area contributed by atoms with Crippen molar-refractivity contribution >= 4 is 0 Å². The van der Waals surface area contributed by atoms with Gasteiger partial charge >= 0.3 is 6.61 Å². The molecule has 0 aliphatic heterocycles. The second-order valence-corrected chi connectivity index (χ2v) is 3.43. The molecule has 0 fully saturated rings. The van der Waals surface area contributed by atoms with Crippen LogP contribution in [0.2, 0.25) is 0 Å². The van der Waals surface area contributed by atoms with Gasteiger partial charge in [-0.05, 0) is 37.5 Å². The van der Waals surface area contributed by atoms with Crippen LogP contribution in [0.5, 0.6) is 5.75 Å². The lowest BCUT2D eigenvalue weighted by molar-refractivity contribution is -0.0504. The highest BCUT2D eigenvalue weighted by molar-refractivity contribution is 5.44. The van der Waals surface area contributed by atoms with E-state index in [-0.39, 0.29) is 5.75 Å². The SMILES string of the molecule is C=CCc1c(C)cc(C)cc1OC(F)F. The highest BCUT2D eigenvalue weighted by Gasteiger charge is 2.11. The molecule has 0 aliphatic rings. The summed E-state index contributed by atoms with van der Waals surface area (Å²) >= 11 is 0. The fraction of sp³-hybridized carbons (Fsp3) is 0.333. The number of allylic oxidation sites excluding steroid dienone is 1. The summed E-state index contributed by atoms with van der Waals surface area (Å²) in [5.74, 6) is 0.252. The average molecular weight is 212 g/mol. The Morgan fingerprint density at radius 1 is 1.40 bits per heavy atom. The van der Waals surface area contributed by atoms with Crippen molar-refractivity contribution in [3.05, 3.63) is 41.5 Å².